The molecule has 0 aliphatic carbocycles. The lowest BCUT2D eigenvalue weighted by molar-refractivity contribution is -0.138. The second kappa shape index (κ2) is 11.9. The zero-order valence-electron chi connectivity index (χ0n) is 19.0. The van der Waals surface area contributed by atoms with E-state index in [1.807, 2.05) is 6.07 Å². The number of nitrogens with zero attached hydrogens (tertiary/aromatic N) is 3. The molecule has 186 valence electrons. The highest BCUT2D eigenvalue weighted by Gasteiger charge is 2.25. The highest BCUT2D eigenvalue weighted by Crippen LogP contribution is 2.19. The number of sulfonamides is 1. The maximum atomic E-state index is 12.4. The van der Waals surface area contributed by atoms with Crippen molar-refractivity contribution in [2.45, 2.75) is 38.8 Å². The summed E-state index contributed by atoms with van der Waals surface area (Å²) >= 11 is 0. The van der Waals surface area contributed by atoms with Crippen LogP contribution >= 0.6 is 0 Å². The van der Waals surface area contributed by atoms with Gasteiger partial charge < -0.3 is 20.5 Å². The fourth-order valence-electron chi connectivity index (χ4n) is 3.41. The Kier molecular flexibility index (Phi) is 8.96. The van der Waals surface area contributed by atoms with Crippen molar-refractivity contribution in [2.75, 3.05) is 37.4 Å². The molecule has 0 aromatic carbocycles. The van der Waals surface area contributed by atoms with Crippen molar-refractivity contribution in [2.24, 2.45) is 0 Å². The number of aromatic nitrogens is 3. The number of amides is 1. The van der Waals surface area contributed by atoms with E-state index in [1.165, 1.54) is 11.8 Å². The molecule has 12 nitrogen and oxygen atoms in total. The van der Waals surface area contributed by atoms with Gasteiger partial charge in [0.2, 0.25) is 10.0 Å². The van der Waals surface area contributed by atoms with Crippen LogP contribution in [0.1, 0.15) is 35.0 Å². The number of carboxylic acid groups (broad SMARTS) is 1. The quantitative estimate of drug-likeness (QED) is 0.281. The SMILES string of the molecule is CCOCCS(=O)(=O)N[C@@H](CNC(=O)c1cnn(CCc2ccc3c(n2)NCCC3)c1)C(=O)O. The number of fused-ring (bicyclic) bond motifs is 1. The van der Waals surface area contributed by atoms with Gasteiger partial charge in [-0.15, -0.1) is 0 Å². The molecule has 0 fully saturated rings. The molecule has 1 aliphatic heterocycles. The first kappa shape index (κ1) is 25.6. The standard InChI is InChI=1S/C21H30N6O6S/c1-2-33-10-11-34(31,32)26-18(21(29)30)13-23-20(28)16-12-24-27(14-16)9-7-17-6-5-15-4-3-8-22-19(15)25-17/h5-6,12,14,18,26H,2-4,7-11,13H2,1H3,(H,22,25)(H,23,28)(H,29,30)/t18-/m0/s1. The fraction of sp³-hybridized carbons (Fsp3) is 0.524. The van der Waals surface area contributed by atoms with Gasteiger partial charge in [-0.05, 0) is 31.4 Å². The number of carboxylic acids is 1. The third-order valence-corrected chi connectivity index (χ3v) is 6.58. The molecule has 13 heteroatoms. The van der Waals surface area contributed by atoms with Crippen molar-refractivity contribution in [3.63, 3.8) is 0 Å². The lowest BCUT2D eigenvalue weighted by Gasteiger charge is -2.17. The van der Waals surface area contributed by atoms with Crippen LogP contribution in [0.4, 0.5) is 5.82 Å². The van der Waals surface area contributed by atoms with Gasteiger partial charge in [-0.25, -0.2) is 13.4 Å². The molecule has 3 heterocycles. The van der Waals surface area contributed by atoms with E-state index in [2.05, 4.69) is 31.5 Å². The van der Waals surface area contributed by atoms with E-state index in [1.54, 1.807) is 17.8 Å². The highest BCUT2D eigenvalue weighted by molar-refractivity contribution is 7.89. The third-order valence-electron chi connectivity index (χ3n) is 5.23. The Bertz CT molecular complexity index is 1100. The predicted octanol–water partition coefficient (Wildman–Crippen LogP) is 0.0178. The summed E-state index contributed by atoms with van der Waals surface area (Å²) in [5.41, 5.74) is 2.36. The average Bonchev–Trinajstić information content (AvgIpc) is 3.29. The van der Waals surface area contributed by atoms with Gasteiger partial charge in [0.05, 0.1) is 24.1 Å². The zero-order valence-corrected chi connectivity index (χ0v) is 19.8. The van der Waals surface area contributed by atoms with Crippen molar-refractivity contribution in [3.8, 4) is 0 Å². The third kappa shape index (κ3) is 7.50. The summed E-state index contributed by atoms with van der Waals surface area (Å²) in [6.45, 7) is 3.03. The van der Waals surface area contributed by atoms with E-state index < -0.39 is 34.5 Å². The van der Waals surface area contributed by atoms with Gasteiger partial charge in [0.25, 0.3) is 5.91 Å². The number of anilines is 1. The van der Waals surface area contributed by atoms with Crippen LogP contribution in [0.25, 0.3) is 0 Å². The summed E-state index contributed by atoms with van der Waals surface area (Å²) in [4.78, 5) is 28.5. The molecule has 3 rings (SSSR count). The summed E-state index contributed by atoms with van der Waals surface area (Å²) in [7, 11) is -3.88. The smallest absolute Gasteiger partial charge is 0.323 e. The van der Waals surface area contributed by atoms with Crippen molar-refractivity contribution >= 4 is 27.7 Å². The molecule has 1 amide bonds. The number of aryl methyl sites for hydroxylation is 3. The van der Waals surface area contributed by atoms with Crippen LogP contribution in [0.5, 0.6) is 0 Å². The van der Waals surface area contributed by atoms with Gasteiger partial charge in [0, 0.05) is 44.6 Å². The van der Waals surface area contributed by atoms with E-state index in [4.69, 9.17) is 4.74 Å². The number of rotatable bonds is 13. The fourth-order valence-corrected chi connectivity index (χ4v) is 4.48. The molecule has 0 saturated carbocycles. The van der Waals surface area contributed by atoms with Crippen LogP contribution in [0.2, 0.25) is 0 Å². The number of nitrogens with one attached hydrogen (secondary N) is 3. The predicted molar refractivity (Wildman–Crippen MR) is 124 cm³/mol. The first-order valence-corrected chi connectivity index (χ1v) is 12.8. The van der Waals surface area contributed by atoms with Crippen LogP contribution in [0.15, 0.2) is 24.5 Å². The summed E-state index contributed by atoms with van der Waals surface area (Å²) in [6.07, 6.45) is 5.67. The van der Waals surface area contributed by atoms with Crippen molar-refractivity contribution in [3.05, 3.63) is 41.3 Å². The number of carbonyl (C=O) groups excluding carboxylic acids is 1. The van der Waals surface area contributed by atoms with Gasteiger partial charge in [-0.2, -0.15) is 9.82 Å². The molecule has 0 radical (unpaired) electrons. The minimum absolute atomic E-state index is 0.0544. The van der Waals surface area contributed by atoms with E-state index in [9.17, 15) is 23.1 Å². The van der Waals surface area contributed by atoms with Crippen LogP contribution in [-0.2, 0) is 38.9 Å². The Hall–Kier alpha value is -3.03. The Morgan fingerprint density at radius 2 is 2.18 bits per heavy atom. The Morgan fingerprint density at radius 1 is 1.35 bits per heavy atom. The first-order valence-electron chi connectivity index (χ1n) is 11.1. The van der Waals surface area contributed by atoms with E-state index >= 15 is 0 Å². The lowest BCUT2D eigenvalue weighted by Crippen LogP contribution is -2.49. The number of ether oxygens (including phenoxy) is 1. The molecule has 0 saturated heterocycles. The lowest BCUT2D eigenvalue weighted by atomic mass is 10.1. The average molecular weight is 495 g/mol. The van der Waals surface area contributed by atoms with Gasteiger partial charge in [-0.1, -0.05) is 6.07 Å². The topological polar surface area (TPSA) is 165 Å². The summed E-state index contributed by atoms with van der Waals surface area (Å²) in [5, 5.41) is 19.2. The minimum atomic E-state index is -3.88. The normalized spacial score (nSPS) is 14.1. The summed E-state index contributed by atoms with van der Waals surface area (Å²) in [6, 6.07) is 2.56. The first-order chi connectivity index (χ1) is 16.3. The maximum Gasteiger partial charge on any atom is 0.323 e. The molecule has 0 bridgehead atoms. The zero-order chi connectivity index (χ0) is 24.6. The second-order valence-corrected chi connectivity index (χ2v) is 9.69. The maximum absolute atomic E-state index is 12.4. The molecule has 34 heavy (non-hydrogen) atoms. The minimum Gasteiger partial charge on any atom is -0.480 e. The van der Waals surface area contributed by atoms with Crippen molar-refractivity contribution in [1.29, 1.82) is 0 Å². The second-order valence-electron chi connectivity index (χ2n) is 7.82. The molecule has 2 aromatic heterocycles. The number of hydrogen-bond acceptors (Lipinski definition) is 8. The largest absolute Gasteiger partial charge is 0.480 e. The molecule has 2 aromatic rings. The van der Waals surface area contributed by atoms with Crippen LogP contribution in [0.3, 0.4) is 0 Å². The van der Waals surface area contributed by atoms with Gasteiger partial charge in [0.15, 0.2) is 0 Å². The molecular weight excluding hydrogens is 464 g/mol. The number of aliphatic carboxylic acids is 1. The molecule has 1 atom stereocenters. The summed E-state index contributed by atoms with van der Waals surface area (Å²) in [5.74, 6) is -1.41. The van der Waals surface area contributed by atoms with Crippen LogP contribution < -0.4 is 15.4 Å². The van der Waals surface area contributed by atoms with Crippen molar-refractivity contribution < 1.29 is 27.9 Å². The van der Waals surface area contributed by atoms with E-state index in [-0.39, 0.29) is 17.9 Å². The van der Waals surface area contributed by atoms with E-state index in [0.717, 1.165) is 30.9 Å². The molecule has 0 spiro atoms. The van der Waals surface area contributed by atoms with E-state index in [0.29, 0.717) is 19.6 Å². The Labute approximate surface area is 198 Å². The van der Waals surface area contributed by atoms with Gasteiger partial charge in [0.1, 0.15) is 11.9 Å². The summed E-state index contributed by atoms with van der Waals surface area (Å²) < 4.78 is 32.7. The Morgan fingerprint density at radius 3 is 2.94 bits per heavy atom. The van der Waals surface area contributed by atoms with Gasteiger partial charge >= 0.3 is 5.97 Å². The number of hydrogen-bond donors (Lipinski definition) is 4. The molecule has 0 unspecified atom stereocenters. The Balaban J connectivity index is 1.50. The molecule has 4 N–H and O–H groups in total. The van der Waals surface area contributed by atoms with Crippen LogP contribution in [0, 0.1) is 0 Å². The van der Waals surface area contributed by atoms with Crippen LogP contribution in [-0.4, -0.2) is 78.3 Å². The number of carbonyl (C=O) groups is 2. The number of pyridine rings is 1. The van der Waals surface area contributed by atoms with Crippen molar-refractivity contribution in [1.82, 2.24) is 24.8 Å². The molecular formula is C21H30N6O6S. The highest BCUT2D eigenvalue weighted by atomic mass is 32.2. The molecule has 1 aliphatic rings. The monoisotopic (exact) mass is 494 g/mol. The van der Waals surface area contributed by atoms with Gasteiger partial charge in [-0.3, -0.25) is 14.3 Å².